The maximum absolute atomic E-state index is 13.5. The van der Waals surface area contributed by atoms with Crippen molar-refractivity contribution in [2.75, 3.05) is 5.32 Å². The summed E-state index contributed by atoms with van der Waals surface area (Å²) in [6.07, 6.45) is 0.676. The van der Waals surface area contributed by atoms with E-state index in [1.165, 1.54) is 13.1 Å². The van der Waals surface area contributed by atoms with Crippen LogP contribution < -0.4 is 16.5 Å². The minimum absolute atomic E-state index is 0.375. The summed E-state index contributed by atoms with van der Waals surface area (Å²) in [6.45, 7) is 1.81. The molecule has 0 unspecified atom stereocenters. The van der Waals surface area contributed by atoms with Gasteiger partial charge in [-0.3, -0.25) is 9.98 Å². The van der Waals surface area contributed by atoms with Crippen LogP contribution in [0.25, 0.3) is 0 Å². The van der Waals surface area contributed by atoms with Gasteiger partial charge in [-0.2, -0.15) is 0 Å². The molecule has 0 bridgehead atoms. The molecule has 0 aliphatic carbocycles. The number of amides is 1. The van der Waals surface area contributed by atoms with Crippen LogP contribution in [0.3, 0.4) is 0 Å². The van der Waals surface area contributed by atoms with Crippen molar-refractivity contribution >= 4 is 23.3 Å². The molecule has 21 heavy (non-hydrogen) atoms. The Morgan fingerprint density at radius 3 is 2.71 bits per heavy atom. The molecular formula is C13H12ClFN4O2. The molecule has 1 heterocycles. The second kappa shape index (κ2) is 5.53. The molecule has 0 saturated carbocycles. The third-order valence-corrected chi connectivity index (χ3v) is 3.35. The molecule has 110 valence electrons. The van der Waals surface area contributed by atoms with Crippen molar-refractivity contribution in [1.29, 1.82) is 5.41 Å². The number of aromatic nitrogens is 2. The first kappa shape index (κ1) is 15.0. The molecule has 1 aromatic carbocycles. The zero-order chi connectivity index (χ0) is 15.7. The Bertz CT molecular complexity index is 841. The minimum atomic E-state index is -0.978. The van der Waals surface area contributed by atoms with Gasteiger partial charge in [0.15, 0.2) is 11.3 Å². The van der Waals surface area contributed by atoms with Crippen molar-refractivity contribution in [2.24, 2.45) is 7.05 Å². The van der Waals surface area contributed by atoms with Crippen LogP contribution in [0.4, 0.5) is 14.9 Å². The first-order valence-electron chi connectivity index (χ1n) is 5.91. The molecule has 0 aliphatic rings. The van der Waals surface area contributed by atoms with Gasteiger partial charge in [0.05, 0.1) is 6.20 Å². The summed E-state index contributed by atoms with van der Waals surface area (Å²) in [4.78, 5) is 23.9. The third kappa shape index (κ3) is 2.87. The van der Waals surface area contributed by atoms with Crippen LogP contribution >= 0.6 is 11.6 Å². The molecule has 1 aromatic heterocycles. The van der Waals surface area contributed by atoms with Gasteiger partial charge in [0.1, 0.15) is 0 Å². The Balaban J connectivity index is 2.39. The van der Waals surface area contributed by atoms with Gasteiger partial charge in [-0.1, -0.05) is 17.7 Å². The highest BCUT2D eigenvalue weighted by Crippen LogP contribution is 2.19. The van der Waals surface area contributed by atoms with E-state index in [1.807, 2.05) is 0 Å². The zero-order valence-corrected chi connectivity index (χ0v) is 12.0. The summed E-state index contributed by atoms with van der Waals surface area (Å²) in [5.74, 6) is -0.978. The summed E-state index contributed by atoms with van der Waals surface area (Å²) >= 11 is 5.94. The summed E-state index contributed by atoms with van der Waals surface area (Å²) in [7, 11) is 1.21. The molecule has 0 saturated heterocycles. The van der Waals surface area contributed by atoms with Gasteiger partial charge in [-0.25, -0.2) is 18.5 Å². The molecule has 2 N–H and O–H groups in total. The number of halogens is 2. The van der Waals surface area contributed by atoms with Gasteiger partial charge in [0.25, 0.3) is 0 Å². The van der Waals surface area contributed by atoms with E-state index < -0.39 is 23.0 Å². The van der Waals surface area contributed by atoms with Crippen LogP contribution in [-0.2, 0) is 7.05 Å². The second-order valence-electron chi connectivity index (χ2n) is 4.43. The van der Waals surface area contributed by atoms with Gasteiger partial charge < -0.3 is 5.32 Å². The molecule has 1 amide bonds. The van der Waals surface area contributed by atoms with Gasteiger partial charge >= 0.3 is 11.7 Å². The van der Waals surface area contributed by atoms with Crippen LogP contribution in [0, 0.1) is 18.2 Å². The molecule has 8 heteroatoms. The lowest BCUT2D eigenvalue weighted by atomic mass is 10.2. The van der Waals surface area contributed by atoms with Gasteiger partial charge in [-0.05, 0) is 24.6 Å². The standard InChI is InChI=1S/C13H12ClFN4O2/c1-7-3-4-8(5-9(7)14)17-12(20)19-6-10(15)11(16)18(2)13(19)21/h3-6,16H,1-2H3,(H,17,20). The minimum Gasteiger partial charge on any atom is -0.307 e. The SMILES string of the molecule is Cc1ccc(NC(=O)n2cc(F)c(=N)n(C)c2=O)cc1Cl. The maximum Gasteiger partial charge on any atom is 0.337 e. The molecule has 6 nitrogen and oxygen atoms in total. The molecule has 2 aromatic rings. The van der Waals surface area contributed by atoms with Crippen molar-refractivity contribution in [3.05, 3.63) is 56.8 Å². The lowest BCUT2D eigenvalue weighted by Crippen LogP contribution is -2.43. The van der Waals surface area contributed by atoms with Crippen molar-refractivity contribution in [3.8, 4) is 0 Å². The lowest BCUT2D eigenvalue weighted by Gasteiger charge is -2.10. The Morgan fingerprint density at radius 2 is 2.10 bits per heavy atom. The van der Waals surface area contributed by atoms with Crippen molar-refractivity contribution in [2.45, 2.75) is 6.92 Å². The monoisotopic (exact) mass is 310 g/mol. The first-order valence-corrected chi connectivity index (χ1v) is 6.29. The van der Waals surface area contributed by atoms with E-state index in [0.29, 0.717) is 21.5 Å². The Morgan fingerprint density at radius 1 is 1.43 bits per heavy atom. The van der Waals surface area contributed by atoms with Crippen LogP contribution in [0.2, 0.25) is 5.02 Å². The molecule has 0 spiro atoms. The highest BCUT2D eigenvalue weighted by Gasteiger charge is 2.12. The van der Waals surface area contributed by atoms with E-state index in [9.17, 15) is 14.0 Å². The van der Waals surface area contributed by atoms with Crippen molar-refractivity contribution in [1.82, 2.24) is 9.13 Å². The average molecular weight is 311 g/mol. The van der Waals surface area contributed by atoms with Crippen LogP contribution in [0.15, 0.2) is 29.2 Å². The smallest absolute Gasteiger partial charge is 0.307 e. The quantitative estimate of drug-likeness (QED) is 0.843. The number of anilines is 1. The Hall–Kier alpha value is -2.41. The number of nitrogens with one attached hydrogen (secondary N) is 2. The number of nitrogens with zero attached hydrogens (tertiary/aromatic N) is 2. The molecule has 0 atom stereocenters. The van der Waals surface area contributed by atoms with E-state index >= 15 is 0 Å². The third-order valence-electron chi connectivity index (χ3n) is 2.94. The summed E-state index contributed by atoms with van der Waals surface area (Å²) in [5, 5.41) is 10.2. The van der Waals surface area contributed by atoms with Gasteiger partial charge in [0.2, 0.25) is 0 Å². The van der Waals surface area contributed by atoms with Crippen LogP contribution in [0.1, 0.15) is 5.56 Å². The van der Waals surface area contributed by atoms with Crippen LogP contribution in [0.5, 0.6) is 0 Å². The van der Waals surface area contributed by atoms with E-state index in [4.69, 9.17) is 17.0 Å². The molecule has 0 radical (unpaired) electrons. The largest absolute Gasteiger partial charge is 0.337 e. The summed E-state index contributed by atoms with van der Waals surface area (Å²) in [6, 6.07) is 4.00. The number of hydrogen-bond donors (Lipinski definition) is 2. The second-order valence-corrected chi connectivity index (χ2v) is 4.84. The fraction of sp³-hybridized carbons (Fsp3) is 0.154. The number of aryl methyl sites for hydroxylation is 1. The summed E-state index contributed by atoms with van der Waals surface area (Å²) in [5.41, 5.74) is -0.206. The molecule has 0 aliphatic heterocycles. The zero-order valence-electron chi connectivity index (χ0n) is 11.3. The number of hydrogen-bond acceptors (Lipinski definition) is 3. The lowest BCUT2D eigenvalue weighted by molar-refractivity contribution is 0.251. The first-order chi connectivity index (χ1) is 9.81. The van der Waals surface area contributed by atoms with E-state index in [1.54, 1.807) is 19.1 Å². The predicted molar refractivity (Wildman–Crippen MR) is 76.1 cm³/mol. The average Bonchev–Trinajstić information content (AvgIpc) is 2.44. The van der Waals surface area contributed by atoms with Gasteiger partial charge in [0, 0.05) is 17.8 Å². The maximum atomic E-state index is 13.5. The fourth-order valence-corrected chi connectivity index (χ4v) is 1.83. The number of carbonyl (C=O) groups excluding carboxylic acids is 1. The van der Waals surface area contributed by atoms with Crippen molar-refractivity contribution in [3.63, 3.8) is 0 Å². The number of carbonyl (C=O) groups is 1. The van der Waals surface area contributed by atoms with Crippen molar-refractivity contribution < 1.29 is 9.18 Å². The fourth-order valence-electron chi connectivity index (χ4n) is 1.65. The molecule has 0 fully saturated rings. The highest BCUT2D eigenvalue weighted by atomic mass is 35.5. The Labute approximate surface area is 123 Å². The molecular weight excluding hydrogens is 299 g/mol. The van der Waals surface area contributed by atoms with E-state index in [2.05, 4.69) is 5.32 Å². The number of benzene rings is 1. The highest BCUT2D eigenvalue weighted by molar-refractivity contribution is 6.31. The summed E-state index contributed by atoms with van der Waals surface area (Å²) < 4.78 is 14.8. The van der Waals surface area contributed by atoms with E-state index in [-0.39, 0.29) is 0 Å². The molecule has 2 rings (SSSR count). The number of rotatable bonds is 1. The predicted octanol–water partition coefficient (Wildman–Crippen LogP) is 1.85. The Kier molecular flexibility index (Phi) is 3.95. The topological polar surface area (TPSA) is 79.9 Å². The normalized spacial score (nSPS) is 10.5. The van der Waals surface area contributed by atoms with Gasteiger partial charge in [-0.15, -0.1) is 0 Å². The van der Waals surface area contributed by atoms with E-state index in [0.717, 1.165) is 10.1 Å². The van der Waals surface area contributed by atoms with Crippen LogP contribution in [-0.4, -0.2) is 15.2 Å².